The number of nitrogens with zero attached hydrogens (tertiary/aromatic N) is 3. The Kier molecular flexibility index (Phi) is 8.48. The van der Waals surface area contributed by atoms with E-state index < -0.39 is 0 Å². The number of benzene rings is 2. The molecule has 0 aliphatic heterocycles. The Bertz CT molecular complexity index is 1040. The molecule has 2 aromatic carbocycles. The average molecular weight is 454 g/mol. The van der Waals surface area contributed by atoms with E-state index in [9.17, 15) is 4.79 Å². The zero-order valence-corrected chi connectivity index (χ0v) is 19.1. The predicted octanol–water partition coefficient (Wildman–Crippen LogP) is 5.71. The molecule has 0 aliphatic rings. The molecule has 1 heterocycles. The summed E-state index contributed by atoms with van der Waals surface area (Å²) in [7, 11) is 3.00. The van der Waals surface area contributed by atoms with Gasteiger partial charge in [0.2, 0.25) is 5.91 Å². The van der Waals surface area contributed by atoms with Crippen molar-refractivity contribution in [2.24, 2.45) is 0 Å². The van der Waals surface area contributed by atoms with Crippen molar-refractivity contribution in [1.82, 2.24) is 14.8 Å². The summed E-state index contributed by atoms with van der Waals surface area (Å²) in [6.45, 7) is 0. The van der Waals surface area contributed by atoms with Crippen LogP contribution in [0.2, 0.25) is 5.02 Å². The van der Waals surface area contributed by atoms with E-state index in [1.165, 1.54) is 7.05 Å². The number of halogens is 1. The number of hydrogen-bond acceptors (Lipinski definition) is 4. The number of aromatic nitrogens is 2. The highest BCUT2D eigenvalue weighted by atomic mass is 35.5. The summed E-state index contributed by atoms with van der Waals surface area (Å²) < 4.78 is 7.21. The monoisotopic (exact) mass is 453 g/mol. The van der Waals surface area contributed by atoms with Crippen molar-refractivity contribution in [3.05, 3.63) is 77.5 Å². The van der Waals surface area contributed by atoms with Crippen molar-refractivity contribution >= 4 is 17.5 Å². The number of aryl methyl sites for hydroxylation is 1. The Balaban J connectivity index is 1.69. The third kappa shape index (κ3) is 6.45. The topological polar surface area (TPSA) is 67.6 Å². The summed E-state index contributed by atoms with van der Waals surface area (Å²) in [5.74, 6) is 0.531. The van der Waals surface area contributed by atoms with Crippen molar-refractivity contribution < 1.29 is 14.7 Å². The molecule has 0 unspecified atom stereocenters. The predicted molar refractivity (Wildman–Crippen MR) is 126 cm³/mol. The van der Waals surface area contributed by atoms with E-state index in [1.807, 2.05) is 53.2 Å². The van der Waals surface area contributed by atoms with Gasteiger partial charge in [-0.1, -0.05) is 35.9 Å². The van der Waals surface area contributed by atoms with Gasteiger partial charge in [0.05, 0.1) is 24.2 Å². The van der Waals surface area contributed by atoms with Gasteiger partial charge in [-0.25, -0.2) is 9.75 Å². The number of carbonyl (C=O) groups is 1. The van der Waals surface area contributed by atoms with Crippen LogP contribution in [0.4, 0.5) is 0 Å². The van der Waals surface area contributed by atoms with Crippen LogP contribution in [0.15, 0.2) is 66.7 Å². The maximum absolute atomic E-state index is 11.4. The minimum atomic E-state index is -0.266. The first kappa shape index (κ1) is 23.6. The van der Waals surface area contributed by atoms with Crippen molar-refractivity contribution in [3.63, 3.8) is 0 Å². The van der Waals surface area contributed by atoms with Gasteiger partial charge < -0.3 is 4.74 Å². The first-order valence-corrected chi connectivity index (χ1v) is 11.0. The van der Waals surface area contributed by atoms with Crippen LogP contribution in [0.5, 0.6) is 5.75 Å². The molecular formula is C25H28ClN3O3. The second-order valence-corrected chi connectivity index (χ2v) is 7.89. The molecule has 6 nitrogen and oxygen atoms in total. The summed E-state index contributed by atoms with van der Waals surface area (Å²) in [5.41, 5.74) is 3.99. The number of hydroxylamine groups is 2. The lowest BCUT2D eigenvalue weighted by Gasteiger charge is -2.08. The van der Waals surface area contributed by atoms with Gasteiger partial charge in [-0.15, -0.1) is 0 Å². The Morgan fingerprint density at radius 3 is 2.47 bits per heavy atom. The van der Waals surface area contributed by atoms with Gasteiger partial charge in [-0.3, -0.25) is 10.0 Å². The normalized spacial score (nSPS) is 11.1. The molecule has 32 heavy (non-hydrogen) atoms. The minimum Gasteiger partial charge on any atom is -0.497 e. The SMILES string of the molecule is COc1ccc(-n2nc(CCC=CCCCC(=O)N(C)O)cc2-c2ccc(Cl)cc2)cc1. The fourth-order valence-corrected chi connectivity index (χ4v) is 3.42. The molecule has 3 rings (SSSR count). The molecule has 0 saturated heterocycles. The van der Waals surface area contributed by atoms with Crippen molar-refractivity contribution in [2.75, 3.05) is 14.2 Å². The van der Waals surface area contributed by atoms with Gasteiger partial charge in [-0.05, 0) is 68.1 Å². The molecule has 0 radical (unpaired) electrons. The molecule has 168 valence electrons. The highest BCUT2D eigenvalue weighted by Gasteiger charge is 2.12. The maximum Gasteiger partial charge on any atom is 0.245 e. The number of ether oxygens (including phenoxy) is 1. The zero-order chi connectivity index (χ0) is 22.9. The number of methoxy groups -OCH3 is 1. The maximum atomic E-state index is 11.4. The lowest BCUT2D eigenvalue weighted by Crippen LogP contribution is -2.21. The Labute approximate surface area is 193 Å². The van der Waals surface area contributed by atoms with Gasteiger partial charge in [0, 0.05) is 24.1 Å². The summed E-state index contributed by atoms with van der Waals surface area (Å²) in [5, 5.41) is 15.2. The smallest absolute Gasteiger partial charge is 0.245 e. The van der Waals surface area contributed by atoms with Crippen molar-refractivity contribution in [1.29, 1.82) is 0 Å². The van der Waals surface area contributed by atoms with Crippen LogP contribution in [0, 0.1) is 0 Å². The third-order valence-electron chi connectivity index (χ3n) is 5.07. The highest BCUT2D eigenvalue weighted by molar-refractivity contribution is 6.30. The van der Waals surface area contributed by atoms with Crippen LogP contribution in [0.25, 0.3) is 16.9 Å². The minimum absolute atomic E-state index is 0.266. The average Bonchev–Trinajstić information content (AvgIpc) is 3.23. The van der Waals surface area contributed by atoms with E-state index in [-0.39, 0.29) is 5.91 Å². The fourth-order valence-electron chi connectivity index (χ4n) is 3.30. The molecule has 1 N–H and O–H groups in total. The fraction of sp³-hybridized carbons (Fsp3) is 0.280. The van der Waals surface area contributed by atoms with E-state index >= 15 is 0 Å². The quantitative estimate of drug-likeness (QED) is 0.185. The molecule has 0 spiro atoms. The molecular weight excluding hydrogens is 426 g/mol. The van der Waals surface area contributed by atoms with Crippen LogP contribution < -0.4 is 4.74 Å². The number of unbranched alkanes of at least 4 members (excludes halogenated alkanes) is 1. The van der Waals surface area contributed by atoms with Crippen molar-refractivity contribution in [2.45, 2.75) is 32.1 Å². The number of allylic oxidation sites excluding steroid dienone is 2. The molecule has 0 bridgehead atoms. The first-order chi connectivity index (χ1) is 15.5. The second-order valence-electron chi connectivity index (χ2n) is 7.46. The van der Waals surface area contributed by atoms with Gasteiger partial charge in [0.25, 0.3) is 0 Å². The molecule has 7 heteroatoms. The van der Waals surface area contributed by atoms with Gasteiger partial charge in [0.15, 0.2) is 0 Å². The summed E-state index contributed by atoms with van der Waals surface area (Å²) >= 11 is 6.07. The van der Waals surface area contributed by atoms with Crippen LogP contribution in [0.1, 0.15) is 31.4 Å². The molecule has 0 saturated carbocycles. The summed E-state index contributed by atoms with van der Waals surface area (Å²) in [6.07, 6.45) is 7.70. The standard InChI is InChI=1S/C25H28ClN3O3/c1-28(31)25(30)9-7-5-3-4-6-8-21-18-24(19-10-12-20(26)13-11-19)29(27-21)22-14-16-23(32-2)17-15-22/h3-4,10-18,31H,5-9H2,1-2H3. The molecule has 1 aromatic heterocycles. The summed E-state index contributed by atoms with van der Waals surface area (Å²) in [4.78, 5) is 11.4. The Hall–Kier alpha value is -3.09. The van der Waals surface area contributed by atoms with Crippen LogP contribution in [0.3, 0.4) is 0 Å². The Morgan fingerprint density at radius 2 is 1.81 bits per heavy atom. The third-order valence-corrected chi connectivity index (χ3v) is 5.33. The van der Waals surface area contributed by atoms with Crippen LogP contribution in [-0.4, -0.2) is 40.1 Å². The molecule has 1 amide bonds. The van der Waals surface area contributed by atoms with Crippen LogP contribution >= 0.6 is 11.6 Å². The Morgan fingerprint density at radius 1 is 1.12 bits per heavy atom. The lowest BCUT2D eigenvalue weighted by molar-refractivity contribution is -0.159. The number of amides is 1. The van der Waals surface area contributed by atoms with Gasteiger partial charge >= 0.3 is 0 Å². The van der Waals surface area contributed by atoms with E-state index in [0.717, 1.165) is 47.7 Å². The second kappa shape index (κ2) is 11.5. The zero-order valence-electron chi connectivity index (χ0n) is 18.4. The highest BCUT2D eigenvalue weighted by Crippen LogP contribution is 2.27. The van der Waals surface area contributed by atoms with Gasteiger partial charge in [-0.2, -0.15) is 5.10 Å². The molecule has 0 aliphatic carbocycles. The van der Waals surface area contributed by atoms with Crippen molar-refractivity contribution in [3.8, 4) is 22.7 Å². The number of carbonyl (C=O) groups excluding carboxylic acids is 1. The molecule has 0 fully saturated rings. The number of rotatable bonds is 10. The van der Waals surface area contributed by atoms with E-state index in [0.29, 0.717) is 22.9 Å². The summed E-state index contributed by atoms with van der Waals surface area (Å²) in [6, 6.07) is 17.7. The molecule has 3 aromatic rings. The van der Waals surface area contributed by atoms with Gasteiger partial charge in [0.1, 0.15) is 5.75 Å². The number of hydrogen-bond donors (Lipinski definition) is 1. The first-order valence-electron chi connectivity index (χ1n) is 10.6. The van der Waals surface area contributed by atoms with E-state index in [4.69, 9.17) is 26.6 Å². The lowest BCUT2D eigenvalue weighted by atomic mass is 10.1. The largest absolute Gasteiger partial charge is 0.497 e. The molecule has 0 atom stereocenters. The van der Waals surface area contributed by atoms with E-state index in [2.05, 4.69) is 18.2 Å². The van der Waals surface area contributed by atoms with Crippen LogP contribution in [-0.2, 0) is 11.2 Å². The van der Waals surface area contributed by atoms with E-state index in [1.54, 1.807) is 7.11 Å².